The Labute approximate surface area is 168 Å². The first kappa shape index (κ1) is 19.8. The molecule has 27 heavy (non-hydrogen) atoms. The van der Waals surface area contributed by atoms with E-state index in [1.807, 2.05) is 19.1 Å². The summed E-state index contributed by atoms with van der Waals surface area (Å²) in [5, 5.41) is 9.71. The number of hydrogen-bond donors (Lipinski definition) is 1. The van der Waals surface area contributed by atoms with Gasteiger partial charge in [0.15, 0.2) is 0 Å². The van der Waals surface area contributed by atoms with Gasteiger partial charge in [0.2, 0.25) is 5.88 Å². The van der Waals surface area contributed by atoms with Crippen LogP contribution in [0, 0.1) is 6.92 Å². The third-order valence-electron chi connectivity index (χ3n) is 4.94. The molecule has 3 heterocycles. The van der Waals surface area contributed by atoms with Gasteiger partial charge in [-0.05, 0) is 59.0 Å². The topological polar surface area (TPSA) is 60.2 Å². The van der Waals surface area contributed by atoms with E-state index in [2.05, 4.69) is 58.5 Å². The number of hydrogen-bond acceptors (Lipinski definition) is 4. The van der Waals surface area contributed by atoms with Crippen molar-refractivity contribution in [2.75, 3.05) is 13.7 Å². The summed E-state index contributed by atoms with van der Waals surface area (Å²) in [7, 11) is 1.64. The van der Waals surface area contributed by atoms with Crippen LogP contribution in [0.15, 0.2) is 28.9 Å². The van der Waals surface area contributed by atoms with Crippen molar-refractivity contribution in [1.82, 2.24) is 14.5 Å². The predicted molar refractivity (Wildman–Crippen MR) is 112 cm³/mol. The van der Waals surface area contributed by atoms with Crippen molar-refractivity contribution in [3.05, 3.63) is 40.1 Å². The Morgan fingerprint density at radius 3 is 2.59 bits per heavy atom. The Balaban J connectivity index is 2.20. The van der Waals surface area contributed by atoms with Crippen LogP contribution in [0.5, 0.6) is 5.88 Å². The highest BCUT2D eigenvalue weighted by atomic mass is 79.9. The fraction of sp³-hybridized carbons (Fsp3) is 0.429. The molecule has 0 radical (unpaired) electrons. The normalized spacial score (nSPS) is 12.7. The molecule has 0 spiro atoms. The number of pyridine rings is 2. The van der Waals surface area contributed by atoms with E-state index in [-0.39, 0.29) is 12.6 Å². The van der Waals surface area contributed by atoms with Gasteiger partial charge in [0.05, 0.1) is 42.0 Å². The zero-order chi connectivity index (χ0) is 19.7. The minimum atomic E-state index is 0.0438. The van der Waals surface area contributed by atoms with Crippen molar-refractivity contribution in [2.24, 2.45) is 0 Å². The van der Waals surface area contributed by atoms with Crippen molar-refractivity contribution in [3.8, 4) is 17.1 Å². The molecule has 6 heteroatoms. The molecule has 0 bridgehead atoms. The number of aromatic nitrogens is 3. The van der Waals surface area contributed by atoms with Crippen LogP contribution in [-0.2, 0) is 0 Å². The van der Waals surface area contributed by atoms with Crippen LogP contribution >= 0.6 is 15.9 Å². The fourth-order valence-corrected chi connectivity index (χ4v) is 3.84. The van der Waals surface area contributed by atoms with E-state index < -0.39 is 0 Å². The van der Waals surface area contributed by atoms with Crippen molar-refractivity contribution in [2.45, 2.75) is 46.1 Å². The maximum Gasteiger partial charge on any atom is 0.222 e. The summed E-state index contributed by atoms with van der Waals surface area (Å²) < 4.78 is 8.55. The second kappa shape index (κ2) is 7.98. The number of rotatable bonds is 6. The molecule has 1 unspecified atom stereocenters. The van der Waals surface area contributed by atoms with E-state index in [9.17, 15) is 5.11 Å². The van der Waals surface area contributed by atoms with Gasteiger partial charge >= 0.3 is 0 Å². The van der Waals surface area contributed by atoms with Crippen LogP contribution in [0.25, 0.3) is 22.3 Å². The highest BCUT2D eigenvalue weighted by molar-refractivity contribution is 9.10. The zero-order valence-corrected chi connectivity index (χ0v) is 18.0. The molecule has 5 nitrogen and oxygen atoms in total. The lowest BCUT2D eigenvalue weighted by Gasteiger charge is -2.16. The molecular formula is C21H26BrN3O2. The summed E-state index contributed by atoms with van der Waals surface area (Å²) in [5.74, 6) is 0.903. The first-order chi connectivity index (χ1) is 12.9. The van der Waals surface area contributed by atoms with E-state index in [0.717, 1.165) is 44.4 Å². The van der Waals surface area contributed by atoms with Gasteiger partial charge in [-0.25, -0.2) is 9.97 Å². The molecule has 0 amide bonds. The molecule has 0 aliphatic carbocycles. The van der Waals surface area contributed by atoms with E-state index in [1.165, 1.54) is 0 Å². The second-order valence-electron chi connectivity index (χ2n) is 7.10. The van der Waals surface area contributed by atoms with E-state index >= 15 is 0 Å². The Kier molecular flexibility index (Phi) is 5.86. The quantitative estimate of drug-likeness (QED) is 0.579. The summed E-state index contributed by atoms with van der Waals surface area (Å²) in [6.45, 7) is 8.45. The van der Waals surface area contributed by atoms with Gasteiger partial charge in [-0.15, -0.1) is 0 Å². The Morgan fingerprint density at radius 2 is 2.00 bits per heavy atom. The minimum absolute atomic E-state index is 0.0438. The van der Waals surface area contributed by atoms with Crippen molar-refractivity contribution < 1.29 is 9.84 Å². The molecule has 0 fully saturated rings. The molecular weight excluding hydrogens is 406 g/mol. The molecule has 0 saturated heterocycles. The van der Waals surface area contributed by atoms with Crippen molar-refractivity contribution >= 4 is 27.0 Å². The Bertz CT molecular complexity index is 962. The Hall–Kier alpha value is -1.92. The number of fused-ring (bicyclic) bond motifs is 1. The number of nitrogens with zero attached hydrogens (tertiary/aromatic N) is 3. The highest BCUT2D eigenvalue weighted by Gasteiger charge is 2.19. The second-order valence-corrected chi connectivity index (χ2v) is 7.95. The van der Waals surface area contributed by atoms with Gasteiger partial charge in [0.25, 0.3) is 0 Å². The molecule has 3 aromatic rings. The van der Waals surface area contributed by atoms with Gasteiger partial charge in [-0.3, -0.25) is 0 Å². The minimum Gasteiger partial charge on any atom is -0.480 e. The Morgan fingerprint density at radius 1 is 1.26 bits per heavy atom. The number of methoxy groups -OCH3 is 1. The van der Waals surface area contributed by atoms with Gasteiger partial charge in [0, 0.05) is 16.4 Å². The number of ether oxygens (including phenoxy) is 1. The summed E-state index contributed by atoms with van der Waals surface area (Å²) in [6, 6.07) is 6.16. The lowest BCUT2D eigenvalue weighted by molar-refractivity contribution is 0.227. The predicted octanol–water partition coefficient (Wildman–Crippen LogP) is 5.24. The number of halogens is 1. The monoisotopic (exact) mass is 431 g/mol. The summed E-state index contributed by atoms with van der Waals surface area (Å²) >= 11 is 3.68. The smallest absolute Gasteiger partial charge is 0.222 e. The maximum absolute atomic E-state index is 9.71. The SMILES string of the molecule is CCC(CO)n1cc(C)c2nc(-c3ccc(C(C)C)nc3OC)c(Br)cc21. The number of aliphatic hydroxyl groups excluding tert-OH is 1. The van der Waals surface area contributed by atoms with E-state index in [1.54, 1.807) is 7.11 Å². The largest absolute Gasteiger partial charge is 0.480 e. The van der Waals surface area contributed by atoms with Gasteiger partial charge in [0.1, 0.15) is 0 Å². The standard InChI is InChI=1S/C21H26BrN3O2/c1-6-14(11-26)25-10-13(4)19-18(25)9-16(22)20(24-19)15-7-8-17(12(2)3)23-21(15)27-5/h7-10,12,14,26H,6,11H2,1-5H3. The van der Waals surface area contributed by atoms with Crippen molar-refractivity contribution in [3.63, 3.8) is 0 Å². The molecule has 3 aromatic heterocycles. The first-order valence-corrected chi connectivity index (χ1v) is 10.0. The summed E-state index contributed by atoms with van der Waals surface area (Å²) in [6.07, 6.45) is 2.92. The summed E-state index contributed by atoms with van der Waals surface area (Å²) in [4.78, 5) is 9.58. The fourth-order valence-electron chi connectivity index (χ4n) is 3.32. The van der Waals surface area contributed by atoms with Crippen LogP contribution in [0.1, 0.15) is 50.4 Å². The van der Waals surface area contributed by atoms with Crippen LogP contribution in [0.3, 0.4) is 0 Å². The molecule has 144 valence electrons. The zero-order valence-electron chi connectivity index (χ0n) is 16.5. The molecule has 3 rings (SSSR count). The lowest BCUT2D eigenvalue weighted by Crippen LogP contribution is -2.11. The highest BCUT2D eigenvalue weighted by Crippen LogP contribution is 2.37. The molecule has 1 N–H and O–H groups in total. The number of aryl methyl sites for hydroxylation is 1. The van der Waals surface area contributed by atoms with Crippen molar-refractivity contribution in [1.29, 1.82) is 0 Å². The van der Waals surface area contributed by atoms with Gasteiger partial charge in [-0.1, -0.05) is 20.8 Å². The molecule has 0 aromatic carbocycles. The molecule has 0 aliphatic heterocycles. The average molecular weight is 432 g/mol. The molecule has 0 aliphatic rings. The van der Waals surface area contributed by atoms with Gasteiger partial charge in [-0.2, -0.15) is 0 Å². The molecule has 0 saturated carbocycles. The third-order valence-corrected chi connectivity index (χ3v) is 5.54. The third kappa shape index (κ3) is 3.60. The van der Waals surface area contributed by atoms with Gasteiger partial charge < -0.3 is 14.4 Å². The van der Waals surface area contributed by atoms with Crippen LogP contribution < -0.4 is 4.74 Å². The molecule has 1 atom stereocenters. The van der Waals surface area contributed by atoms with Crippen LogP contribution in [0.2, 0.25) is 0 Å². The number of aliphatic hydroxyl groups is 1. The summed E-state index contributed by atoms with van der Waals surface area (Å²) in [5.41, 5.74) is 5.67. The van der Waals surface area contributed by atoms with E-state index in [4.69, 9.17) is 9.72 Å². The van der Waals surface area contributed by atoms with E-state index in [0.29, 0.717) is 11.8 Å². The van der Waals surface area contributed by atoms with Crippen LogP contribution in [-0.4, -0.2) is 33.4 Å². The first-order valence-electron chi connectivity index (χ1n) is 9.25. The lowest BCUT2D eigenvalue weighted by atomic mass is 10.1. The maximum atomic E-state index is 9.71. The average Bonchev–Trinajstić information content (AvgIpc) is 2.97. The van der Waals surface area contributed by atoms with Crippen LogP contribution in [0.4, 0.5) is 0 Å².